The van der Waals surface area contributed by atoms with E-state index in [0.29, 0.717) is 5.92 Å². The van der Waals surface area contributed by atoms with E-state index in [1.807, 2.05) is 11.3 Å². The summed E-state index contributed by atoms with van der Waals surface area (Å²) in [6, 6.07) is 4.62. The van der Waals surface area contributed by atoms with E-state index in [0.717, 1.165) is 19.5 Å². The summed E-state index contributed by atoms with van der Waals surface area (Å²) in [6.07, 6.45) is 1.15. The Labute approximate surface area is 96.9 Å². The lowest BCUT2D eigenvalue weighted by Crippen LogP contribution is -2.38. The van der Waals surface area contributed by atoms with Gasteiger partial charge in [-0.1, -0.05) is 20.3 Å². The first-order chi connectivity index (χ1) is 7.13. The van der Waals surface area contributed by atoms with Crippen molar-refractivity contribution < 1.29 is 0 Å². The third-order valence-corrected chi connectivity index (χ3v) is 3.85. The molecule has 0 fully saturated rings. The minimum absolute atomic E-state index is 0.274. The van der Waals surface area contributed by atoms with Gasteiger partial charge in [0.15, 0.2) is 0 Å². The maximum absolute atomic E-state index is 6.04. The summed E-state index contributed by atoms with van der Waals surface area (Å²) >= 11 is 1.85. The molecule has 1 heterocycles. The summed E-state index contributed by atoms with van der Waals surface area (Å²) in [4.78, 5) is 2.77. The average molecular weight is 226 g/mol. The van der Waals surface area contributed by atoms with E-state index >= 15 is 0 Å². The maximum Gasteiger partial charge on any atom is 0.0300 e. The summed E-state index contributed by atoms with van der Waals surface area (Å²) in [7, 11) is 0. The molecule has 0 aliphatic rings. The van der Waals surface area contributed by atoms with Crippen molar-refractivity contribution in [3.05, 3.63) is 21.9 Å². The van der Waals surface area contributed by atoms with E-state index in [4.69, 9.17) is 5.73 Å². The van der Waals surface area contributed by atoms with Crippen LogP contribution in [-0.4, -0.2) is 12.6 Å². The van der Waals surface area contributed by atoms with Gasteiger partial charge in [-0.15, -0.1) is 11.3 Å². The van der Waals surface area contributed by atoms with E-state index in [2.05, 4.69) is 38.2 Å². The van der Waals surface area contributed by atoms with Gasteiger partial charge in [-0.3, -0.25) is 0 Å². The van der Waals surface area contributed by atoms with Crippen LogP contribution in [0.4, 0.5) is 0 Å². The molecule has 2 atom stereocenters. The van der Waals surface area contributed by atoms with Gasteiger partial charge in [0.1, 0.15) is 0 Å². The van der Waals surface area contributed by atoms with Gasteiger partial charge in [-0.05, 0) is 25.0 Å². The molecule has 1 rings (SSSR count). The Hall–Kier alpha value is -0.380. The molecular weight excluding hydrogens is 204 g/mol. The maximum atomic E-state index is 6.04. The number of nitrogens with one attached hydrogen (secondary N) is 1. The quantitative estimate of drug-likeness (QED) is 0.782. The first-order valence-electron chi connectivity index (χ1n) is 5.65. The molecule has 86 valence electrons. The monoisotopic (exact) mass is 226 g/mol. The van der Waals surface area contributed by atoms with Crippen LogP contribution < -0.4 is 11.1 Å². The van der Waals surface area contributed by atoms with Gasteiger partial charge in [0, 0.05) is 28.9 Å². The smallest absolute Gasteiger partial charge is 0.0300 e. The Morgan fingerprint density at radius 2 is 2.20 bits per heavy atom. The normalized spacial score (nSPS) is 15.2. The van der Waals surface area contributed by atoms with Crippen molar-refractivity contribution >= 4 is 11.3 Å². The molecule has 0 aliphatic heterocycles. The zero-order valence-corrected chi connectivity index (χ0v) is 10.7. The number of thiophene rings is 1. The molecule has 2 unspecified atom stereocenters. The first-order valence-corrected chi connectivity index (χ1v) is 6.46. The highest BCUT2D eigenvalue weighted by atomic mass is 32.1. The molecule has 15 heavy (non-hydrogen) atoms. The molecular formula is C12H22N2S. The molecule has 1 aromatic rings. The van der Waals surface area contributed by atoms with Gasteiger partial charge in [0.05, 0.1) is 0 Å². The Balaban J connectivity index is 2.21. The predicted molar refractivity (Wildman–Crippen MR) is 68.2 cm³/mol. The SMILES string of the molecule is CCC(C)C(N)CNCc1ccc(C)s1. The van der Waals surface area contributed by atoms with Crippen LogP contribution >= 0.6 is 11.3 Å². The number of hydrogen-bond acceptors (Lipinski definition) is 3. The van der Waals surface area contributed by atoms with Crippen LogP contribution in [0.3, 0.4) is 0 Å². The summed E-state index contributed by atoms with van der Waals surface area (Å²) in [6.45, 7) is 8.39. The van der Waals surface area contributed by atoms with Crippen molar-refractivity contribution in [3.63, 3.8) is 0 Å². The van der Waals surface area contributed by atoms with Crippen molar-refractivity contribution in [2.24, 2.45) is 11.7 Å². The largest absolute Gasteiger partial charge is 0.326 e. The van der Waals surface area contributed by atoms with Crippen LogP contribution in [0.5, 0.6) is 0 Å². The Bertz CT molecular complexity index is 283. The average Bonchev–Trinajstić information content (AvgIpc) is 2.63. The van der Waals surface area contributed by atoms with Gasteiger partial charge in [-0.25, -0.2) is 0 Å². The summed E-state index contributed by atoms with van der Waals surface area (Å²) in [5, 5.41) is 3.42. The second-order valence-electron chi connectivity index (χ2n) is 4.19. The number of hydrogen-bond donors (Lipinski definition) is 2. The summed E-state index contributed by atoms with van der Waals surface area (Å²) < 4.78 is 0. The Morgan fingerprint density at radius 3 is 2.73 bits per heavy atom. The van der Waals surface area contributed by atoms with Crippen LogP contribution in [0.2, 0.25) is 0 Å². The highest BCUT2D eigenvalue weighted by Gasteiger charge is 2.09. The molecule has 2 nitrogen and oxygen atoms in total. The number of nitrogens with two attached hydrogens (primary N) is 1. The third-order valence-electron chi connectivity index (χ3n) is 2.85. The highest BCUT2D eigenvalue weighted by Crippen LogP contribution is 2.14. The molecule has 3 N–H and O–H groups in total. The van der Waals surface area contributed by atoms with E-state index < -0.39 is 0 Å². The Morgan fingerprint density at radius 1 is 1.47 bits per heavy atom. The minimum Gasteiger partial charge on any atom is -0.326 e. The second kappa shape index (κ2) is 6.26. The van der Waals surface area contributed by atoms with E-state index in [1.54, 1.807) is 0 Å². The molecule has 0 spiro atoms. The molecule has 0 aliphatic carbocycles. The van der Waals surface area contributed by atoms with Crippen LogP contribution in [-0.2, 0) is 6.54 Å². The Kier molecular flexibility index (Phi) is 5.29. The van der Waals surface area contributed by atoms with Crippen LogP contribution in [0.25, 0.3) is 0 Å². The zero-order chi connectivity index (χ0) is 11.3. The lowest BCUT2D eigenvalue weighted by molar-refractivity contribution is 0.419. The standard InChI is InChI=1S/C12H22N2S/c1-4-9(2)12(13)8-14-7-11-6-5-10(3)15-11/h5-6,9,12,14H,4,7-8,13H2,1-3H3. The van der Waals surface area contributed by atoms with Crippen LogP contribution in [0.15, 0.2) is 12.1 Å². The lowest BCUT2D eigenvalue weighted by atomic mass is 10.0. The van der Waals surface area contributed by atoms with E-state index in [1.165, 1.54) is 9.75 Å². The van der Waals surface area contributed by atoms with E-state index in [9.17, 15) is 0 Å². The van der Waals surface area contributed by atoms with Gasteiger partial charge in [0.2, 0.25) is 0 Å². The molecule has 0 bridgehead atoms. The van der Waals surface area contributed by atoms with Crippen molar-refractivity contribution in [2.75, 3.05) is 6.54 Å². The highest BCUT2D eigenvalue weighted by molar-refractivity contribution is 7.11. The number of aryl methyl sites for hydroxylation is 1. The van der Waals surface area contributed by atoms with Gasteiger partial charge >= 0.3 is 0 Å². The van der Waals surface area contributed by atoms with Crippen LogP contribution in [0, 0.1) is 12.8 Å². The molecule has 0 saturated heterocycles. The summed E-state index contributed by atoms with van der Waals surface area (Å²) in [5.74, 6) is 0.600. The third kappa shape index (κ3) is 4.33. The van der Waals surface area contributed by atoms with Crippen molar-refractivity contribution in [1.29, 1.82) is 0 Å². The van der Waals surface area contributed by atoms with Gasteiger partial charge < -0.3 is 11.1 Å². The second-order valence-corrected chi connectivity index (χ2v) is 5.57. The van der Waals surface area contributed by atoms with Gasteiger partial charge in [0.25, 0.3) is 0 Å². The minimum atomic E-state index is 0.274. The first kappa shape index (κ1) is 12.7. The van der Waals surface area contributed by atoms with Crippen molar-refractivity contribution in [1.82, 2.24) is 5.32 Å². The summed E-state index contributed by atoms with van der Waals surface area (Å²) in [5.41, 5.74) is 6.04. The zero-order valence-electron chi connectivity index (χ0n) is 9.92. The molecule has 1 aromatic heterocycles. The molecule has 0 aromatic carbocycles. The van der Waals surface area contributed by atoms with Crippen molar-refractivity contribution in [3.8, 4) is 0 Å². The van der Waals surface area contributed by atoms with E-state index in [-0.39, 0.29) is 6.04 Å². The molecule has 3 heteroatoms. The number of rotatable bonds is 6. The fourth-order valence-electron chi connectivity index (χ4n) is 1.45. The fraction of sp³-hybridized carbons (Fsp3) is 0.667. The van der Waals surface area contributed by atoms with Crippen LogP contribution in [0.1, 0.15) is 30.0 Å². The fourth-order valence-corrected chi connectivity index (χ4v) is 2.31. The van der Waals surface area contributed by atoms with Gasteiger partial charge in [-0.2, -0.15) is 0 Å². The molecule has 0 saturated carbocycles. The topological polar surface area (TPSA) is 38.0 Å². The lowest BCUT2D eigenvalue weighted by Gasteiger charge is -2.18. The molecule has 0 radical (unpaired) electrons. The predicted octanol–water partition coefficient (Wildman–Crippen LogP) is 2.52. The van der Waals surface area contributed by atoms with Crippen molar-refractivity contribution in [2.45, 2.75) is 39.8 Å². The molecule has 0 amide bonds.